The van der Waals surface area contributed by atoms with Crippen molar-refractivity contribution in [3.63, 3.8) is 0 Å². The molecule has 0 amide bonds. The Labute approximate surface area is 82.9 Å². The molecule has 4 N–H and O–H groups in total. The summed E-state index contributed by atoms with van der Waals surface area (Å²) in [5.74, 6) is 5.24. The maximum atomic E-state index is 9.59. The Morgan fingerprint density at radius 1 is 1.36 bits per heavy atom. The number of aromatic hydroxyl groups is 2. The van der Waals surface area contributed by atoms with Crippen molar-refractivity contribution in [2.24, 2.45) is 5.90 Å². The third kappa shape index (κ3) is 2.16. The van der Waals surface area contributed by atoms with Crippen LogP contribution in [0, 0.1) is 0 Å². The van der Waals surface area contributed by atoms with Crippen LogP contribution in [0.15, 0.2) is 18.2 Å². The number of rotatable bonds is 3. The minimum atomic E-state index is -0.433. The van der Waals surface area contributed by atoms with Crippen molar-refractivity contribution in [2.45, 2.75) is 19.3 Å². The van der Waals surface area contributed by atoms with Crippen molar-refractivity contribution >= 4 is 0 Å². The highest BCUT2D eigenvalue weighted by Crippen LogP contribution is 2.33. The van der Waals surface area contributed by atoms with Gasteiger partial charge >= 0.3 is 0 Å². The van der Waals surface area contributed by atoms with E-state index in [4.69, 9.17) is 5.90 Å². The van der Waals surface area contributed by atoms with Crippen LogP contribution in [0.2, 0.25) is 0 Å². The van der Waals surface area contributed by atoms with Crippen LogP contribution in [0.1, 0.15) is 19.4 Å². The van der Waals surface area contributed by atoms with E-state index in [2.05, 4.69) is 4.84 Å². The molecule has 0 unspecified atom stereocenters. The number of nitrogens with two attached hydrogens (primary N) is 1. The zero-order valence-corrected chi connectivity index (χ0v) is 8.32. The van der Waals surface area contributed by atoms with Crippen molar-refractivity contribution in [1.82, 2.24) is 0 Å². The average Bonchev–Trinajstić information content (AvgIpc) is 2.09. The number of phenols is 2. The summed E-state index contributed by atoms with van der Waals surface area (Å²) in [4.78, 5) is 4.56. The molecule has 1 aromatic carbocycles. The first-order chi connectivity index (χ1) is 6.47. The second-order valence-corrected chi connectivity index (χ2v) is 3.90. The third-order valence-electron chi connectivity index (χ3n) is 2.15. The first-order valence-corrected chi connectivity index (χ1v) is 4.31. The van der Waals surface area contributed by atoms with Gasteiger partial charge in [0.2, 0.25) is 0 Å². The highest BCUT2D eigenvalue weighted by atomic mass is 16.6. The lowest BCUT2D eigenvalue weighted by molar-refractivity contribution is 0.0954. The Bertz CT molecular complexity index is 323. The number of hydrogen-bond donors (Lipinski definition) is 3. The van der Waals surface area contributed by atoms with Gasteiger partial charge in [-0.1, -0.05) is 13.8 Å². The summed E-state index contributed by atoms with van der Waals surface area (Å²) < 4.78 is 0. The summed E-state index contributed by atoms with van der Waals surface area (Å²) in [5.41, 5.74) is 0.181. The molecule has 0 aromatic heterocycles. The first kappa shape index (κ1) is 10.8. The van der Waals surface area contributed by atoms with Crippen molar-refractivity contribution < 1.29 is 15.1 Å². The van der Waals surface area contributed by atoms with Crippen molar-refractivity contribution in [3.05, 3.63) is 23.8 Å². The lowest BCUT2D eigenvalue weighted by Crippen LogP contribution is -2.26. The molecule has 4 heteroatoms. The van der Waals surface area contributed by atoms with E-state index in [-0.39, 0.29) is 18.1 Å². The van der Waals surface area contributed by atoms with E-state index < -0.39 is 5.41 Å². The zero-order chi connectivity index (χ0) is 10.8. The van der Waals surface area contributed by atoms with Gasteiger partial charge in [-0.05, 0) is 18.2 Å². The molecule has 0 spiro atoms. The molecule has 0 saturated heterocycles. The van der Waals surface area contributed by atoms with Crippen LogP contribution in [0.25, 0.3) is 0 Å². The fourth-order valence-corrected chi connectivity index (χ4v) is 1.35. The summed E-state index contributed by atoms with van der Waals surface area (Å²) in [6.45, 7) is 4.01. The van der Waals surface area contributed by atoms with E-state index in [1.54, 1.807) is 0 Å². The topological polar surface area (TPSA) is 75.7 Å². The standard InChI is InChI=1S/C10H15NO3/c1-10(2,6-14-11)8-5-7(12)3-4-9(8)13/h3-5,12-13H,6,11H2,1-2H3. The predicted octanol–water partition coefficient (Wildman–Crippen LogP) is 1.27. The molecule has 14 heavy (non-hydrogen) atoms. The maximum Gasteiger partial charge on any atom is 0.119 e. The fourth-order valence-electron chi connectivity index (χ4n) is 1.35. The van der Waals surface area contributed by atoms with Gasteiger partial charge in [-0.2, -0.15) is 0 Å². The maximum absolute atomic E-state index is 9.59. The summed E-state index contributed by atoms with van der Waals surface area (Å²) >= 11 is 0. The van der Waals surface area contributed by atoms with Crippen LogP contribution < -0.4 is 5.90 Å². The predicted molar refractivity (Wildman–Crippen MR) is 52.9 cm³/mol. The van der Waals surface area contributed by atoms with E-state index in [1.807, 2.05) is 13.8 Å². The molecule has 1 rings (SSSR count). The van der Waals surface area contributed by atoms with E-state index >= 15 is 0 Å². The normalized spacial score (nSPS) is 11.6. The number of benzene rings is 1. The molecule has 0 heterocycles. The summed E-state index contributed by atoms with van der Waals surface area (Å²) in [6.07, 6.45) is 0. The van der Waals surface area contributed by atoms with E-state index in [9.17, 15) is 10.2 Å². The van der Waals surface area contributed by atoms with Gasteiger partial charge < -0.3 is 15.1 Å². The zero-order valence-electron chi connectivity index (χ0n) is 8.32. The molecule has 0 aliphatic rings. The summed E-state index contributed by atoms with van der Waals surface area (Å²) in [5, 5.41) is 18.9. The molecule has 78 valence electrons. The van der Waals surface area contributed by atoms with Gasteiger partial charge in [0.15, 0.2) is 0 Å². The van der Waals surface area contributed by atoms with Crippen molar-refractivity contribution in [3.8, 4) is 11.5 Å². The molecular formula is C10H15NO3. The molecule has 0 aliphatic carbocycles. The smallest absolute Gasteiger partial charge is 0.119 e. The van der Waals surface area contributed by atoms with Crippen molar-refractivity contribution in [2.75, 3.05) is 6.61 Å². The van der Waals surface area contributed by atoms with Crippen LogP contribution in [0.5, 0.6) is 11.5 Å². The van der Waals surface area contributed by atoms with Crippen LogP contribution in [0.3, 0.4) is 0 Å². The summed E-state index contributed by atoms with van der Waals surface area (Å²) in [6, 6.07) is 4.38. The number of phenolic OH excluding ortho intramolecular Hbond substituents is 2. The first-order valence-electron chi connectivity index (χ1n) is 4.31. The Balaban J connectivity index is 3.10. The molecule has 4 nitrogen and oxygen atoms in total. The highest BCUT2D eigenvalue weighted by Gasteiger charge is 2.24. The van der Waals surface area contributed by atoms with Gasteiger partial charge in [-0.3, -0.25) is 0 Å². The van der Waals surface area contributed by atoms with Gasteiger partial charge in [0.25, 0.3) is 0 Å². The van der Waals surface area contributed by atoms with Crippen LogP contribution in [-0.2, 0) is 10.3 Å². The molecule has 0 saturated carbocycles. The molecule has 0 aliphatic heterocycles. The Morgan fingerprint density at radius 2 is 2.00 bits per heavy atom. The van der Waals surface area contributed by atoms with Crippen LogP contribution in [0.4, 0.5) is 0 Å². The monoisotopic (exact) mass is 197 g/mol. The Kier molecular flexibility index (Phi) is 2.98. The van der Waals surface area contributed by atoms with Crippen LogP contribution >= 0.6 is 0 Å². The van der Waals surface area contributed by atoms with E-state index in [0.717, 1.165) is 0 Å². The highest BCUT2D eigenvalue weighted by molar-refractivity contribution is 5.43. The SMILES string of the molecule is CC(C)(CON)c1cc(O)ccc1O. The van der Waals surface area contributed by atoms with Gasteiger partial charge in [-0.25, -0.2) is 5.90 Å². The van der Waals surface area contributed by atoms with Gasteiger partial charge in [-0.15, -0.1) is 0 Å². The molecular weight excluding hydrogens is 182 g/mol. The second-order valence-electron chi connectivity index (χ2n) is 3.90. The van der Waals surface area contributed by atoms with Gasteiger partial charge in [0.1, 0.15) is 11.5 Å². The third-order valence-corrected chi connectivity index (χ3v) is 2.15. The van der Waals surface area contributed by atoms with Gasteiger partial charge in [0, 0.05) is 11.0 Å². The largest absolute Gasteiger partial charge is 0.508 e. The molecule has 0 bridgehead atoms. The van der Waals surface area contributed by atoms with Crippen LogP contribution in [-0.4, -0.2) is 16.8 Å². The lowest BCUT2D eigenvalue weighted by Gasteiger charge is -2.24. The average molecular weight is 197 g/mol. The minimum Gasteiger partial charge on any atom is -0.508 e. The minimum absolute atomic E-state index is 0.114. The molecule has 1 aromatic rings. The molecule has 0 atom stereocenters. The second kappa shape index (κ2) is 3.86. The molecule has 0 radical (unpaired) electrons. The van der Waals surface area contributed by atoms with Gasteiger partial charge in [0.05, 0.1) is 6.61 Å². The van der Waals surface area contributed by atoms with E-state index in [1.165, 1.54) is 18.2 Å². The van der Waals surface area contributed by atoms with Crippen molar-refractivity contribution in [1.29, 1.82) is 0 Å². The molecule has 0 fully saturated rings. The Hall–Kier alpha value is -1.26. The Morgan fingerprint density at radius 3 is 2.57 bits per heavy atom. The number of hydrogen-bond acceptors (Lipinski definition) is 4. The van der Waals surface area contributed by atoms with E-state index in [0.29, 0.717) is 5.56 Å². The quantitative estimate of drug-likeness (QED) is 0.503. The summed E-state index contributed by atoms with van der Waals surface area (Å²) in [7, 11) is 0. The fraction of sp³-hybridized carbons (Fsp3) is 0.400. The lowest BCUT2D eigenvalue weighted by atomic mass is 9.85.